The number of imidazole rings is 4. The Balaban J connectivity index is 0.000000109. The molecular weight excluding hydrogens is 1530 g/mol. The molecule has 15 heterocycles. The van der Waals surface area contributed by atoms with E-state index in [0.29, 0.717) is 96.5 Å². The van der Waals surface area contributed by atoms with Crippen molar-refractivity contribution < 1.29 is 37.2 Å². The van der Waals surface area contributed by atoms with Gasteiger partial charge in [0.1, 0.15) is 56.4 Å². The Hall–Kier alpha value is -11.1. The number of aliphatic imine (C=N–C) groups is 1. The highest BCUT2D eigenvalue weighted by Crippen LogP contribution is 2.41. The Morgan fingerprint density at radius 3 is 1.41 bits per heavy atom. The SMILES string of the molecule is C1=Cc2c(cccc2-c2nc(N3CCOCC3)nc3c2ncn3C2CCOC2)C1.CCC(C)n1cnc2c(-c3cccc4c3C=NC4)nc(N3CCOCC3)nc21.CCc1nc2c(-c3cccc(O)c3)nc(N3CCOCC3)nc2n1C(C)CC.CS(=O)(=O)N1CCC(n2cnc3c(-c4cccc5c4C=CC5)nc(N4CCOCC4)nc32)CC1. The number of aryl methyl sites for hydroxylation is 1. The lowest BCUT2D eigenvalue weighted by Crippen LogP contribution is -2.38. The molecule has 119 heavy (non-hydrogen) atoms. The van der Waals surface area contributed by atoms with Gasteiger partial charge in [0.2, 0.25) is 33.8 Å². The third-order valence-electron chi connectivity index (χ3n) is 24.2. The average molecular weight is 1630 g/mol. The van der Waals surface area contributed by atoms with Crippen LogP contribution < -0.4 is 19.6 Å². The number of piperidine rings is 1. The van der Waals surface area contributed by atoms with Crippen LogP contribution in [0.25, 0.3) is 102 Å². The maximum absolute atomic E-state index is 12.0. The Kier molecular flexibility index (Phi) is 23.1. The Morgan fingerprint density at radius 2 is 0.924 bits per heavy atom. The first-order valence-electron chi connectivity index (χ1n) is 42.1. The van der Waals surface area contributed by atoms with E-state index in [1.54, 1.807) is 16.4 Å². The Bertz CT molecular complexity index is 5920. The molecule has 0 amide bonds. The lowest BCUT2D eigenvalue weighted by atomic mass is 10.00. The standard InChI is InChI=1S/C24H28N6O3S.C22H23N5O2.C21H24N6O.C21H27N5O2/c1-34(31,32)29-10-8-18(9-11-29)30-16-25-22-21(20-7-3-5-17-4-2-6-19(17)20)26-24(27-23(22)30)28-12-14-33-15-13-28;1-3-15-4-2-6-18(17(15)5-1)19-20-21(27(14-23-20)16-7-10-29-13-16)25-22(24-19)26-8-11-28-12-9-26;1-3-14(2)27-13-23-19-18(16-6-4-5-15-11-22-12-17(15)16)24-21(25-20(19)27)26-7-9-28-10-8-26;1-4-14(3)26-17(5-2)22-19-18(15-7-6-8-16(27)13-15)23-21(24-20(19)26)25-9-11-28-12-10-25/h2-3,5-7,16,18H,4,8-15H2,1H3;1-2,4-6,14,16H,3,7-13H2;4-6,12-14H,3,7-11H2,1-2H3;6-8,13-14,27H,4-5,9-12H2,1-3H3. The van der Waals surface area contributed by atoms with E-state index in [1.807, 2.05) is 37.3 Å². The van der Waals surface area contributed by atoms with Crippen LogP contribution >= 0.6 is 0 Å². The zero-order chi connectivity index (χ0) is 81.3. The van der Waals surface area contributed by atoms with E-state index >= 15 is 0 Å². The summed E-state index contributed by atoms with van der Waals surface area (Å²) in [6, 6.07) is 27.4. The molecule has 6 fully saturated rings. The topological polar surface area (TPSA) is 303 Å². The highest BCUT2D eigenvalue weighted by atomic mass is 32.2. The van der Waals surface area contributed by atoms with Crippen molar-refractivity contribution in [1.29, 1.82) is 0 Å². The number of phenolic OH excluding ortho intramolecular Hbond substituents is 1. The highest BCUT2D eigenvalue weighted by molar-refractivity contribution is 7.88. The summed E-state index contributed by atoms with van der Waals surface area (Å²) in [6.45, 7) is 25.8. The van der Waals surface area contributed by atoms with E-state index in [4.69, 9.17) is 83.5 Å². The first-order chi connectivity index (χ1) is 58.2. The predicted octanol–water partition coefficient (Wildman–Crippen LogP) is 12.2. The largest absolute Gasteiger partial charge is 0.508 e. The normalized spacial score (nSPS) is 18.6. The molecule has 3 unspecified atom stereocenters. The van der Waals surface area contributed by atoms with Crippen LogP contribution in [0, 0.1) is 0 Å². The predicted molar refractivity (Wildman–Crippen MR) is 462 cm³/mol. The number of benzene rings is 4. The van der Waals surface area contributed by atoms with E-state index in [-0.39, 0.29) is 17.8 Å². The third kappa shape index (κ3) is 16.0. The number of hydrogen-bond donors (Lipinski definition) is 1. The number of aromatic hydroxyl groups is 1. The van der Waals surface area contributed by atoms with E-state index < -0.39 is 10.0 Å². The van der Waals surface area contributed by atoms with Crippen LogP contribution in [0.1, 0.15) is 130 Å². The lowest BCUT2D eigenvalue weighted by molar-refractivity contribution is 0.122. The first kappa shape index (κ1) is 79.1. The number of nitrogens with zero attached hydrogens (tertiary/aromatic N) is 22. The second kappa shape index (κ2) is 34.7. The van der Waals surface area contributed by atoms with Gasteiger partial charge in [-0.05, 0) is 98.7 Å². The quantitative estimate of drug-likeness (QED) is 0.0939. The number of hydrogen-bond acceptors (Lipinski definition) is 25. The number of aromatic nitrogens is 16. The summed E-state index contributed by atoms with van der Waals surface area (Å²) in [7, 11) is -3.17. The molecule has 0 saturated carbocycles. The minimum absolute atomic E-state index is 0.143. The van der Waals surface area contributed by atoms with Crippen LogP contribution in [0.4, 0.5) is 23.8 Å². The van der Waals surface area contributed by atoms with Crippen molar-refractivity contribution in [2.75, 3.05) is 157 Å². The van der Waals surface area contributed by atoms with E-state index in [9.17, 15) is 13.5 Å². The van der Waals surface area contributed by atoms with Gasteiger partial charge < -0.3 is 66.7 Å². The minimum atomic E-state index is -3.17. The maximum Gasteiger partial charge on any atom is 0.228 e. The molecule has 0 bridgehead atoms. The molecule has 0 spiro atoms. The summed E-state index contributed by atoms with van der Waals surface area (Å²) in [5.74, 6) is 4.13. The summed E-state index contributed by atoms with van der Waals surface area (Å²) >= 11 is 0. The van der Waals surface area contributed by atoms with Crippen LogP contribution in [-0.2, 0) is 59.5 Å². The van der Waals surface area contributed by atoms with Crippen LogP contribution in [0.2, 0.25) is 0 Å². The molecule has 618 valence electrons. The number of allylic oxidation sites excluding steroid dienone is 2. The fourth-order valence-electron chi connectivity index (χ4n) is 17.2. The highest BCUT2D eigenvalue weighted by Gasteiger charge is 2.33. The molecule has 12 aromatic rings. The molecule has 9 aliphatic rings. The monoisotopic (exact) mass is 1630 g/mol. The van der Waals surface area contributed by atoms with Gasteiger partial charge in [-0.3, -0.25) is 4.99 Å². The van der Waals surface area contributed by atoms with E-state index in [0.717, 1.165) is 230 Å². The molecule has 6 saturated heterocycles. The number of anilines is 4. The van der Waals surface area contributed by atoms with Gasteiger partial charge in [-0.15, -0.1) is 0 Å². The van der Waals surface area contributed by atoms with Crippen molar-refractivity contribution >= 4 is 96.8 Å². The minimum Gasteiger partial charge on any atom is -0.508 e. The molecule has 2 aliphatic carbocycles. The summed E-state index contributed by atoms with van der Waals surface area (Å²) in [4.78, 5) is 72.2. The number of morpholine rings is 4. The molecule has 8 aromatic heterocycles. The molecule has 4 aromatic carbocycles. The third-order valence-corrected chi connectivity index (χ3v) is 25.5. The fourth-order valence-corrected chi connectivity index (χ4v) is 18.1. The summed E-state index contributed by atoms with van der Waals surface area (Å²) in [5, 5.41) is 10.0. The number of phenols is 1. The summed E-state index contributed by atoms with van der Waals surface area (Å²) in [6.07, 6.45) is 24.9. The maximum atomic E-state index is 12.0. The first-order valence-corrected chi connectivity index (χ1v) is 44.0. The van der Waals surface area contributed by atoms with Crippen molar-refractivity contribution in [3.8, 4) is 50.8 Å². The van der Waals surface area contributed by atoms with Crippen molar-refractivity contribution in [3.63, 3.8) is 0 Å². The van der Waals surface area contributed by atoms with Crippen LogP contribution in [0.5, 0.6) is 5.75 Å². The number of rotatable bonds is 16. The fraction of sp³-hybridized carbons (Fsp3) is 0.443. The number of sulfonamides is 1. The molecule has 0 radical (unpaired) electrons. The smallest absolute Gasteiger partial charge is 0.228 e. The Morgan fingerprint density at radius 1 is 0.462 bits per heavy atom. The average Bonchev–Trinajstić information content (AvgIpc) is 1.53. The van der Waals surface area contributed by atoms with Crippen molar-refractivity contribution in [2.24, 2.45) is 4.99 Å². The van der Waals surface area contributed by atoms with Gasteiger partial charge in [-0.25, -0.2) is 52.6 Å². The van der Waals surface area contributed by atoms with Gasteiger partial charge in [0, 0.05) is 131 Å². The second-order valence-electron chi connectivity index (χ2n) is 31.6. The van der Waals surface area contributed by atoms with Gasteiger partial charge in [-0.1, -0.05) is 112 Å². The molecule has 30 nitrogen and oxygen atoms in total. The van der Waals surface area contributed by atoms with Gasteiger partial charge >= 0.3 is 0 Å². The molecule has 31 heteroatoms. The van der Waals surface area contributed by atoms with Crippen LogP contribution in [0.15, 0.2) is 115 Å². The molecule has 7 aliphatic heterocycles. The number of fused-ring (bicyclic) bond motifs is 7. The van der Waals surface area contributed by atoms with E-state index in [1.165, 1.54) is 34.1 Å². The van der Waals surface area contributed by atoms with Crippen LogP contribution in [-0.4, -0.2) is 240 Å². The molecular formula is C88H102N22O8S. The Labute approximate surface area is 691 Å². The summed E-state index contributed by atoms with van der Waals surface area (Å²) < 4.78 is 61.9. The molecule has 3 atom stereocenters. The van der Waals surface area contributed by atoms with Gasteiger partial charge in [0.15, 0.2) is 22.6 Å². The zero-order valence-corrected chi connectivity index (χ0v) is 69.3. The zero-order valence-electron chi connectivity index (χ0n) is 68.5. The van der Waals surface area contributed by atoms with Gasteiger partial charge in [0.05, 0.1) is 97.3 Å². The van der Waals surface area contributed by atoms with Crippen molar-refractivity contribution in [1.82, 2.24) is 82.4 Å². The molecule has 1 N–H and O–H groups in total. The summed E-state index contributed by atoms with van der Waals surface area (Å²) in [5.41, 5.74) is 21.8. The van der Waals surface area contributed by atoms with Crippen molar-refractivity contribution in [3.05, 3.63) is 149 Å². The van der Waals surface area contributed by atoms with Crippen molar-refractivity contribution in [2.45, 2.75) is 117 Å². The van der Waals surface area contributed by atoms with E-state index in [2.05, 4.69) is 156 Å². The second-order valence-corrected chi connectivity index (χ2v) is 33.6. The van der Waals surface area contributed by atoms with Crippen LogP contribution in [0.3, 0.4) is 0 Å². The van der Waals surface area contributed by atoms with Gasteiger partial charge in [0.25, 0.3) is 0 Å². The van der Waals surface area contributed by atoms with Gasteiger partial charge in [-0.2, -0.15) is 19.9 Å². The number of ether oxygens (including phenoxy) is 5. The lowest BCUT2D eigenvalue weighted by Gasteiger charge is -2.31. The molecule has 21 rings (SSSR count).